The van der Waals surface area contributed by atoms with Crippen molar-refractivity contribution >= 4 is 23.5 Å². The first-order valence-electron chi connectivity index (χ1n) is 5.71. The second-order valence-electron chi connectivity index (χ2n) is 4.33. The Labute approximate surface area is 104 Å². The molecule has 0 bridgehead atoms. The summed E-state index contributed by atoms with van der Waals surface area (Å²) in [6, 6.07) is 5.86. The van der Waals surface area contributed by atoms with E-state index in [1.165, 1.54) is 11.8 Å². The van der Waals surface area contributed by atoms with E-state index in [4.69, 9.17) is 4.74 Å². The fourth-order valence-corrected chi connectivity index (χ4v) is 3.62. The highest BCUT2D eigenvalue weighted by molar-refractivity contribution is 8.03. The number of aryl methyl sites for hydroxylation is 1. The van der Waals surface area contributed by atoms with E-state index < -0.39 is 4.75 Å². The minimum Gasteiger partial charge on any atom is -0.464 e. The van der Waals surface area contributed by atoms with Gasteiger partial charge in [0, 0.05) is 16.9 Å². The summed E-state index contributed by atoms with van der Waals surface area (Å²) in [5.41, 5.74) is 1.81. The molecule has 0 aromatic heterocycles. The van der Waals surface area contributed by atoms with Crippen molar-refractivity contribution < 1.29 is 14.3 Å². The second kappa shape index (κ2) is 3.60. The van der Waals surface area contributed by atoms with E-state index in [1.54, 1.807) is 0 Å². The van der Waals surface area contributed by atoms with Crippen LogP contribution in [0.4, 0.5) is 0 Å². The van der Waals surface area contributed by atoms with E-state index in [9.17, 15) is 9.59 Å². The summed E-state index contributed by atoms with van der Waals surface area (Å²) < 4.78 is 3.99. The molecule has 2 heterocycles. The number of carbonyl (C=O) groups is 2. The van der Waals surface area contributed by atoms with Crippen LogP contribution in [0.15, 0.2) is 23.1 Å². The summed E-state index contributed by atoms with van der Waals surface area (Å²) in [5.74, 6) is -0.447. The largest absolute Gasteiger partial charge is 0.464 e. The van der Waals surface area contributed by atoms with E-state index >= 15 is 0 Å². The number of rotatable bonds is 1. The van der Waals surface area contributed by atoms with Crippen LogP contribution in [0.1, 0.15) is 29.3 Å². The third-order valence-corrected chi connectivity index (χ3v) is 4.85. The van der Waals surface area contributed by atoms with Crippen LogP contribution in [0.25, 0.3) is 0 Å². The van der Waals surface area contributed by atoms with Crippen LogP contribution in [0.5, 0.6) is 0 Å². The van der Waals surface area contributed by atoms with E-state index in [0.29, 0.717) is 18.6 Å². The number of cyclic esters (lactones) is 1. The summed E-state index contributed by atoms with van der Waals surface area (Å²) in [4.78, 5) is 25.1. The van der Waals surface area contributed by atoms with Gasteiger partial charge in [-0.3, -0.25) is 9.59 Å². The van der Waals surface area contributed by atoms with E-state index in [2.05, 4.69) is 0 Å². The Bertz CT molecular complexity index is 523. The summed E-state index contributed by atoms with van der Waals surface area (Å²) in [6.45, 7) is 2.40. The van der Waals surface area contributed by atoms with Crippen molar-refractivity contribution in [3.63, 3.8) is 0 Å². The van der Waals surface area contributed by atoms with Crippen molar-refractivity contribution in [2.24, 2.45) is 0 Å². The van der Waals surface area contributed by atoms with Gasteiger partial charge < -0.3 is 4.74 Å². The van der Waals surface area contributed by atoms with Crippen molar-refractivity contribution in [1.82, 2.24) is 0 Å². The van der Waals surface area contributed by atoms with Crippen LogP contribution in [-0.4, -0.2) is 23.1 Å². The number of ketones is 1. The molecule has 1 aromatic rings. The lowest BCUT2D eigenvalue weighted by Gasteiger charge is -2.13. The number of thioether (sulfide) groups is 1. The fourth-order valence-electron chi connectivity index (χ4n) is 2.32. The molecule has 0 radical (unpaired) electrons. The van der Waals surface area contributed by atoms with Crippen molar-refractivity contribution in [3.05, 3.63) is 29.3 Å². The van der Waals surface area contributed by atoms with Gasteiger partial charge in [-0.15, -0.1) is 0 Å². The van der Waals surface area contributed by atoms with Crippen molar-refractivity contribution in [2.75, 3.05) is 6.61 Å². The van der Waals surface area contributed by atoms with Gasteiger partial charge in [0.2, 0.25) is 0 Å². The van der Waals surface area contributed by atoms with Gasteiger partial charge in [0.15, 0.2) is 10.5 Å². The monoisotopic (exact) mass is 248 g/mol. The molecular weight excluding hydrogens is 236 g/mol. The van der Waals surface area contributed by atoms with Crippen LogP contribution in [0.2, 0.25) is 0 Å². The Morgan fingerprint density at radius 2 is 2.24 bits per heavy atom. The number of hydrogen-bond acceptors (Lipinski definition) is 4. The minimum absolute atomic E-state index is 0.0738. The number of esters is 1. The van der Waals surface area contributed by atoms with E-state index in [0.717, 1.165) is 16.9 Å². The van der Waals surface area contributed by atoms with Crippen LogP contribution >= 0.6 is 11.8 Å². The molecule has 1 unspecified atom stereocenters. The summed E-state index contributed by atoms with van der Waals surface area (Å²) >= 11 is 1.36. The zero-order valence-electron chi connectivity index (χ0n) is 9.49. The van der Waals surface area contributed by atoms with Crippen molar-refractivity contribution in [1.29, 1.82) is 0 Å². The number of benzene rings is 1. The molecule has 2 aliphatic rings. The lowest BCUT2D eigenvalue weighted by atomic mass is 9.94. The predicted octanol–water partition coefficient (Wildman–Crippen LogP) is 2.22. The molecule has 1 aromatic carbocycles. The zero-order valence-corrected chi connectivity index (χ0v) is 10.3. The molecule has 0 amide bonds. The number of ether oxygens (including phenoxy) is 1. The van der Waals surface area contributed by atoms with Gasteiger partial charge in [-0.1, -0.05) is 24.8 Å². The molecule has 1 atom stereocenters. The Morgan fingerprint density at radius 3 is 2.88 bits per heavy atom. The van der Waals surface area contributed by atoms with Gasteiger partial charge in [0.25, 0.3) is 0 Å². The highest BCUT2D eigenvalue weighted by atomic mass is 32.2. The third kappa shape index (κ3) is 1.37. The smallest absolute Gasteiger partial charge is 0.330 e. The Kier molecular flexibility index (Phi) is 2.30. The minimum atomic E-state index is -0.977. The first-order valence-corrected chi connectivity index (χ1v) is 6.53. The average molecular weight is 248 g/mol. The first-order chi connectivity index (χ1) is 8.17. The van der Waals surface area contributed by atoms with Crippen LogP contribution in [0.3, 0.4) is 0 Å². The molecule has 3 nitrogen and oxygen atoms in total. The summed E-state index contributed by atoms with van der Waals surface area (Å²) in [7, 11) is 0. The molecule has 0 aliphatic carbocycles. The normalized spacial score (nSPS) is 26.4. The SMILES string of the molecule is CCc1ccc2c(c1)C(=O)C1(CCOC1=O)S2. The molecule has 17 heavy (non-hydrogen) atoms. The molecular formula is C13H12O3S. The number of Topliss-reactive ketones (excluding diaryl/α,β-unsaturated/α-hetero) is 1. The Morgan fingerprint density at radius 1 is 1.41 bits per heavy atom. The van der Waals surface area contributed by atoms with Gasteiger partial charge in [-0.25, -0.2) is 0 Å². The van der Waals surface area contributed by atoms with E-state index in [-0.39, 0.29) is 11.8 Å². The highest BCUT2D eigenvalue weighted by Gasteiger charge is 2.56. The lowest BCUT2D eigenvalue weighted by Crippen LogP contribution is -2.36. The van der Waals surface area contributed by atoms with Crippen LogP contribution < -0.4 is 0 Å². The Hall–Kier alpha value is -1.29. The maximum absolute atomic E-state index is 12.4. The molecule has 2 aliphatic heterocycles. The molecule has 4 heteroatoms. The fraction of sp³-hybridized carbons (Fsp3) is 0.385. The molecule has 0 N–H and O–H groups in total. The maximum atomic E-state index is 12.4. The maximum Gasteiger partial charge on any atom is 0.330 e. The topological polar surface area (TPSA) is 43.4 Å². The Balaban J connectivity index is 2.09. The molecule has 88 valence electrons. The molecule has 1 fully saturated rings. The van der Waals surface area contributed by atoms with E-state index in [1.807, 2.05) is 25.1 Å². The average Bonchev–Trinajstić information content (AvgIpc) is 2.84. The standard InChI is InChI=1S/C13H12O3S/c1-2-8-3-4-10-9(7-8)11(14)13(17-10)5-6-16-12(13)15/h3-4,7H,2,5-6H2,1H3. The molecule has 0 saturated carbocycles. The van der Waals surface area contributed by atoms with Gasteiger partial charge >= 0.3 is 5.97 Å². The van der Waals surface area contributed by atoms with Gasteiger partial charge in [-0.05, 0) is 24.1 Å². The first kappa shape index (κ1) is 10.8. The predicted molar refractivity (Wildman–Crippen MR) is 64.3 cm³/mol. The lowest BCUT2D eigenvalue weighted by molar-refractivity contribution is -0.138. The van der Waals surface area contributed by atoms with Crippen LogP contribution in [-0.2, 0) is 16.0 Å². The van der Waals surface area contributed by atoms with Gasteiger partial charge in [-0.2, -0.15) is 0 Å². The molecule has 3 rings (SSSR count). The highest BCUT2D eigenvalue weighted by Crippen LogP contribution is 2.50. The number of hydrogen-bond donors (Lipinski definition) is 0. The molecule has 1 saturated heterocycles. The van der Waals surface area contributed by atoms with Crippen molar-refractivity contribution in [3.8, 4) is 0 Å². The molecule has 1 spiro atoms. The van der Waals surface area contributed by atoms with Gasteiger partial charge in [0.05, 0.1) is 6.61 Å². The zero-order chi connectivity index (χ0) is 12.0. The summed E-state index contributed by atoms with van der Waals surface area (Å²) in [5, 5.41) is 0. The summed E-state index contributed by atoms with van der Waals surface area (Å²) in [6.07, 6.45) is 1.38. The second-order valence-corrected chi connectivity index (χ2v) is 5.67. The van der Waals surface area contributed by atoms with Crippen LogP contribution in [0, 0.1) is 0 Å². The van der Waals surface area contributed by atoms with Crippen molar-refractivity contribution in [2.45, 2.75) is 29.4 Å². The third-order valence-electron chi connectivity index (χ3n) is 3.36. The quantitative estimate of drug-likeness (QED) is 0.564. The van der Waals surface area contributed by atoms with Gasteiger partial charge in [0.1, 0.15) is 0 Å². The number of fused-ring (bicyclic) bond motifs is 1. The number of carbonyl (C=O) groups excluding carboxylic acids is 2.